The first kappa shape index (κ1) is 22.8. The zero-order chi connectivity index (χ0) is 21.6. The smallest absolute Gasteiger partial charge is 0.361 e. The zero-order valence-corrected chi connectivity index (χ0v) is 19.1. The summed E-state index contributed by atoms with van der Waals surface area (Å²) < 4.78 is 52.2. The summed E-state index contributed by atoms with van der Waals surface area (Å²) in [5, 5.41) is 0.332. The van der Waals surface area contributed by atoms with E-state index in [1.807, 2.05) is 18.2 Å². The molecule has 30 heavy (non-hydrogen) atoms. The number of nitrogens with one attached hydrogen (secondary N) is 1. The molecule has 2 aromatic rings. The van der Waals surface area contributed by atoms with Crippen LogP contribution in [0.3, 0.4) is 0 Å². The summed E-state index contributed by atoms with van der Waals surface area (Å²) in [6, 6.07) is 13.2. The predicted molar refractivity (Wildman–Crippen MR) is 120 cm³/mol. The summed E-state index contributed by atoms with van der Waals surface area (Å²) in [7, 11) is -7.27. The fraction of sp³-hybridized carbons (Fsp3) is 0.429. The van der Waals surface area contributed by atoms with E-state index in [2.05, 4.69) is 9.62 Å². The number of sulfonamides is 1. The van der Waals surface area contributed by atoms with Gasteiger partial charge in [-0.05, 0) is 69.5 Å². The van der Waals surface area contributed by atoms with Crippen molar-refractivity contribution in [3.8, 4) is 0 Å². The van der Waals surface area contributed by atoms with Crippen LogP contribution in [0.5, 0.6) is 0 Å². The van der Waals surface area contributed by atoms with Gasteiger partial charge in [0, 0.05) is 13.1 Å². The van der Waals surface area contributed by atoms with E-state index in [1.54, 1.807) is 19.9 Å². The number of piperidine rings is 1. The minimum Gasteiger partial charge on any atom is -0.370 e. The molecule has 0 saturated carbocycles. The maximum Gasteiger partial charge on any atom is 0.361 e. The summed E-state index contributed by atoms with van der Waals surface area (Å²) in [6.07, 6.45) is 3.40. The average Bonchev–Trinajstić information content (AvgIpc) is 2.75. The highest BCUT2D eigenvalue weighted by atomic mass is 32.2. The third kappa shape index (κ3) is 5.24. The highest BCUT2D eigenvalue weighted by Crippen LogP contribution is 2.46. The Morgan fingerprint density at radius 1 is 0.933 bits per heavy atom. The monoisotopic (exact) mass is 452 g/mol. The predicted octanol–water partition coefficient (Wildman–Crippen LogP) is 4.37. The number of para-hydroxylation sites is 2. The van der Waals surface area contributed by atoms with E-state index in [0.717, 1.165) is 31.6 Å². The first-order chi connectivity index (χ1) is 14.4. The molecule has 1 saturated heterocycles. The molecule has 9 heteroatoms. The lowest BCUT2D eigenvalue weighted by molar-refractivity contribution is 0.230. The summed E-state index contributed by atoms with van der Waals surface area (Å²) in [5.41, 5.74) is 1.44. The minimum absolute atomic E-state index is 0.0826. The molecule has 0 bridgehead atoms. The van der Waals surface area contributed by atoms with Crippen molar-refractivity contribution < 1.29 is 22.0 Å². The molecule has 0 spiro atoms. The molecule has 1 fully saturated rings. The average molecular weight is 453 g/mol. The molecule has 0 aromatic heterocycles. The van der Waals surface area contributed by atoms with Gasteiger partial charge < -0.3 is 13.9 Å². The number of rotatable bonds is 9. The third-order valence-corrected chi connectivity index (χ3v) is 8.41. The Bertz CT molecular complexity index is 979. The van der Waals surface area contributed by atoms with Gasteiger partial charge in [0.1, 0.15) is 0 Å². The number of hydrogen-bond acceptors (Lipinski definition) is 6. The first-order valence-corrected chi connectivity index (χ1v) is 13.3. The van der Waals surface area contributed by atoms with Gasteiger partial charge in [0.25, 0.3) is 10.0 Å². The van der Waals surface area contributed by atoms with E-state index in [-0.39, 0.29) is 18.1 Å². The van der Waals surface area contributed by atoms with E-state index in [0.29, 0.717) is 11.0 Å². The Hall–Kier alpha value is -1.86. The maximum absolute atomic E-state index is 13.0. The summed E-state index contributed by atoms with van der Waals surface area (Å²) in [4.78, 5) is 2.30. The Kier molecular flexibility index (Phi) is 7.58. The topological polar surface area (TPSA) is 84.9 Å². The maximum atomic E-state index is 13.0. The molecule has 1 aliphatic heterocycles. The molecule has 1 heterocycles. The van der Waals surface area contributed by atoms with E-state index in [4.69, 9.17) is 9.05 Å². The Morgan fingerprint density at radius 2 is 1.53 bits per heavy atom. The van der Waals surface area contributed by atoms with E-state index in [9.17, 15) is 13.0 Å². The summed E-state index contributed by atoms with van der Waals surface area (Å²) in [6.45, 7) is 5.75. The number of anilines is 2. The van der Waals surface area contributed by atoms with E-state index in [1.165, 1.54) is 30.7 Å². The molecule has 2 aromatic carbocycles. The van der Waals surface area contributed by atoms with Gasteiger partial charge in [-0.3, -0.25) is 9.29 Å². The van der Waals surface area contributed by atoms with Crippen LogP contribution in [0.25, 0.3) is 0 Å². The largest absolute Gasteiger partial charge is 0.370 e. The fourth-order valence-corrected chi connectivity index (χ4v) is 6.15. The van der Waals surface area contributed by atoms with Gasteiger partial charge in [-0.1, -0.05) is 12.1 Å². The van der Waals surface area contributed by atoms with Gasteiger partial charge in [-0.25, -0.2) is 8.42 Å². The second kappa shape index (κ2) is 9.96. The van der Waals surface area contributed by atoms with Crippen LogP contribution < -0.4 is 14.9 Å². The molecule has 1 aliphatic rings. The lowest BCUT2D eigenvalue weighted by Crippen LogP contribution is -2.30. The standard InChI is InChI=1S/C21H29N2O5PS/c1-3-27-29(24,28-4-2)18-12-14-19(15-13-18)30(25,26)22-20-10-6-7-11-21(20)23-16-8-5-9-17-23/h6-7,10-15,22H,3-5,8-9,16-17H2,1-2H3. The quantitative estimate of drug-likeness (QED) is 0.569. The van der Waals surface area contributed by atoms with Gasteiger partial charge >= 0.3 is 7.60 Å². The van der Waals surface area contributed by atoms with Crippen LogP contribution in [-0.4, -0.2) is 34.7 Å². The van der Waals surface area contributed by atoms with Crippen LogP contribution in [0.1, 0.15) is 33.1 Å². The molecular formula is C21H29N2O5PS. The molecular weight excluding hydrogens is 423 g/mol. The van der Waals surface area contributed by atoms with Crippen molar-refractivity contribution in [1.82, 2.24) is 0 Å². The molecule has 3 rings (SSSR count). The van der Waals surface area contributed by atoms with Gasteiger partial charge in [0.05, 0.1) is 34.8 Å². The van der Waals surface area contributed by atoms with Crippen molar-refractivity contribution in [1.29, 1.82) is 0 Å². The molecule has 164 valence electrons. The first-order valence-electron chi connectivity index (χ1n) is 10.3. The molecule has 0 atom stereocenters. The van der Waals surface area contributed by atoms with Crippen molar-refractivity contribution in [2.45, 2.75) is 38.0 Å². The van der Waals surface area contributed by atoms with Gasteiger partial charge in [-0.15, -0.1) is 0 Å². The lowest BCUT2D eigenvalue weighted by atomic mass is 10.1. The summed E-state index contributed by atoms with van der Waals surface area (Å²) in [5.74, 6) is 0. The minimum atomic E-state index is -3.81. The van der Waals surface area contributed by atoms with Crippen molar-refractivity contribution in [2.75, 3.05) is 35.9 Å². The number of benzene rings is 2. The van der Waals surface area contributed by atoms with Crippen LogP contribution >= 0.6 is 7.60 Å². The van der Waals surface area contributed by atoms with Gasteiger partial charge in [-0.2, -0.15) is 0 Å². The van der Waals surface area contributed by atoms with E-state index < -0.39 is 17.6 Å². The molecule has 0 radical (unpaired) electrons. The van der Waals surface area contributed by atoms with Crippen LogP contribution in [0, 0.1) is 0 Å². The Morgan fingerprint density at radius 3 is 2.13 bits per heavy atom. The molecule has 1 N–H and O–H groups in total. The number of hydrogen-bond donors (Lipinski definition) is 1. The Balaban J connectivity index is 1.84. The van der Waals surface area contributed by atoms with Crippen molar-refractivity contribution in [3.05, 3.63) is 48.5 Å². The van der Waals surface area contributed by atoms with Crippen molar-refractivity contribution >= 4 is 34.3 Å². The van der Waals surface area contributed by atoms with Crippen LogP contribution in [0.4, 0.5) is 11.4 Å². The molecule has 0 aliphatic carbocycles. The highest BCUT2D eigenvalue weighted by Gasteiger charge is 2.27. The third-order valence-electron chi connectivity index (χ3n) is 4.91. The summed E-state index contributed by atoms with van der Waals surface area (Å²) >= 11 is 0. The SMILES string of the molecule is CCOP(=O)(OCC)c1ccc(S(=O)(=O)Nc2ccccc2N2CCCCC2)cc1. The molecule has 7 nitrogen and oxygen atoms in total. The van der Waals surface area contributed by atoms with Crippen LogP contribution in [-0.2, 0) is 23.6 Å². The fourth-order valence-electron chi connectivity index (χ4n) is 3.51. The lowest BCUT2D eigenvalue weighted by Gasteiger charge is -2.30. The van der Waals surface area contributed by atoms with Gasteiger partial charge in [0.15, 0.2) is 0 Å². The molecule has 0 amide bonds. The van der Waals surface area contributed by atoms with Gasteiger partial charge in [0.2, 0.25) is 0 Å². The second-order valence-corrected chi connectivity index (χ2v) is 10.7. The second-order valence-electron chi connectivity index (χ2n) is 7.00. The van der Waals surface area contributed by atoms with E-state index >= 15 is 0 Å². The molecule has 0 unspecified atom stereocenters. The number of nitrogens with zero attached hydrogens (tertiary/aromatic N) is 1. The zero-order valence-electron chi connectivity index (χ0n) is 17.4. The van der Waals surface area contributed by atoms with Crippen molar-refractivity contribution in [2.24, 2.45) is 0 Å². The highest BCUT2D eigenvalue weighted by molar-refractivity contribution is 7.92. The Labute approximate surface area is 179 Å². The van der Waals surface area contributed by atoms with Crippen molar-refractivity contribution in [3.63, 3.8) is 0 Å². The van der Waals surface area contributed by atoms with Crippen LogP contribution in [0.15, 0.2) is 53.4 Å². The van der Waals surface area contributed by atoms with Crippen LogP contribution in [0.2, 0.25) is 0 Å². The normalized spacial score (nSPS) is 15.2.